The molecule has 0 radical (unpaired) electrons. The van der Waals surface area contributed by atoms with Crippen molar-refractivity contribution in [2.45, 2.75) is 4.90 Å². The van der Waals surface area contributed by atoms with Crippen molar-refractivity contribution in [3.8, 4) is 0 Å². The van der Waals surface area contributed by atoms with Crippen LogP contribution < -0.4 is 4.72 Å². The average Bonchev–Trinajstić information content (AvgIpc) is 2.31. The number of hydrogen-bond acceptors (Lipinski definition) is 2. The van der Waals surface area contributed by atoms with E-state index in [1.807, 2.05) is 0 Å². The predicted octanol–water partition coefficient (Wildman–Crippen LogP) is 4.45. The molecule has 0 aliphatic carbocycles. The molecule has 0 bridgehead atoms. The zero-order chi connectivity index (χ0) is 14.0. The van der Waals surface area contributed by atoms with Gasteiger partial charge in [0.25, 0.3) is 10.0 Å². The lowest BCUT2D eigenvalue weighted by Gasteiger charge is -2.09. The maximum atomic E-state index is 12.1. The summed E-state index contributed by atoms with van der Waals surface area (Å²) in [6.45, 7) is 0. The van der Waals surface area contributed by atoms with Gasteiger partial charge in [-0.1, -0.05) is 34.8 Å². The number of rotatable bonds is 3. The molecule has 0 saturated heterocycles. The van der Waals surface area contributed by atoms with Crippen molar-refractivity contribution >= 4 is 50.5 Å². The molecule has 0 spiro atoms. The zero-order valence-corrected chi connectivity index (χ0v) is 12.5. The fourth-order valence-corrected chi connectivity index (χ4v) is 3.38. The standard InChI is InChI=1S/C12H8Cl3NO2S/c13-8-1-4-10(5-2-8)16-19(17,18)12-6-3-9(14)7-11(12)15/h1-7,16H. The first-order valence-corrected chi connectivity index (χ1v) is 7.73. The van der Waals surface area contributed by atoms with Gasteiger partial charge in [-0.2, -0.15) is 0 Å². The average molecular weight is 337 g/mol. The van der Waals surface area contributed by atoms with Crippen molar-refractivity contribution in [3.63, 3.8) is 0 Å². The van der Waals surface area contributed by atoms with E-state index < -0.39 is 10.0 Å². The minimum absolute atomic E-state index is 0.0338. The van der Waals surface area contributed by atoms with Gasteiger partial charge in [-0.15, -0.1) is 0 Å². The second-order valence-electron chi connectivity index (χ2n) is 3.69. The molecule has 2 aromatic rings. The molecule has 0 fully saturated rings. The van der Waals surface area contributed by atoms with Crippen molar-refractivity contribution in [2.24, 2.45) is 0 Å². The van der Waals surface area contributed by atoms with Crippen molar-refractivity contribution in [2.75, 3.05) is 4.72 Å². The number of nitrogens with one attached hydrogen (secondary N) is 1. The number of sulfonamides is 1. The molecule has 100 valence electrons. The summed E-state index contributed by atoms with van der Waals surface area (Å²) in [5, 5.41) is 0.955. The Morgan fingerprint density at radius 3 is 2.00 bits per heavy atom. The van der Waals surface area contributed by atoms with Crippen LogP contribution in [-0.4, -0.2) is 8.42 Å². The lowest BCUT2D eigenvalue weighted by atomic mass is 10.3. The molecule has 19 heavy (non-hydrogen) atoms. The van der Waals surface area contributed by atoms with E-state index in [1.165, 1.54) is 18.2 Å². The number of anilines is 1. The Balaban J connectivity index is 2.35. The minimum atomic E-state index is -3.76. The smallest absolute Gasteiger partial charge is 0.263 e. The second-order valence-corrected chi connectivity index (χ2v) is 6.62. The van der Waals surface area contributed by atoms with E-state index in [9.17, 15) is 8.42 Å². The zero-order valence-electron chi connectivity index (χ0n) is 9.40. The Morgan fingerprint density at radius 1 is 0.842 bits per heavy atom. The number of benzene rings is 2. The largest absolute Gasteiger partial charge is 0.280 e. The third kappa shape index (κ3) is 3.54. The topological polar surface area (TPSA) is 46.2 Å². The predicted molar refractivity (Wildman–Crippen MR) is 78.7 cm³/mol. The summed E-state index contributed by atoms with van der Waals surface area (Å²) in [7, 11) is -3.76. The highest BCUT2D eigenvalue weighted by Gasteiger charge is 2.18. The Bertz CT molecular complexity index is 699. The molecule has 2 aromatic carbocycles. The summed E-state index contributed by atoms with van der Waals surface area (Å²) in [6.07, 6.45) is 0. The van der Waals surface area contributed by atoms with Crippen molar-refractivity contribution in [1.82, 2.24) is 0 Å². The first-order chi connectivity index (χ1) is 8.88. The first kappa shape index (κ1) is 14.5. The Labute approximate surface area is 126 Å². The van der Waals surface area contributed by atoms with Gasteiger partial charge in [-0.25, -0.2) is 8.42 Å². The van der Waals surface area contributed by atoms with Crippen LogP contribution in [0.15, 0.2) is 47.4 Å². The van der Waals surface area contributed by atoms with Gasteiger partial charge in [0.05, 0.1) is 5.02 Å². The summed E-state index contributed by atoms with van der Waals surface area (Å²) in [4.78, 5) is -0.0338. The van der Waals surface area contributed by atoms with E-state index in [0.29, 0.717) is 15.7 Å². The van der Waals surface area contributed by atoms with Gasteiger partial charge in [0.1, 0.15) is 4.90 Å². The highest BCUT2D eigenvalue weighted by Crippen LogP contribution is 2.27. The van der Waals surface area contributed by atoms with Gasteiger partial charge < -0.3 is 0 Å². The van der Waals surface area contributed by atoms with E-state index >= 15 is 0 Å². The van der Waals surface area contributed by atoms with Crippen molar-refractivity contribution < 1.29 is 8.42 Å². The molecule has 2 rings (SSSR count). The molecular formula is C12H8Cl3NO2S. The lowest BCUT2D eigenvalue weighted by molar-refractivity contribution is 0.601. The van der Waals surface area contributed by atoms with Crippen LogP contribution in [-0.2, 0) is 10.0 Å². The molecule has 0 heterocycles. The highest BCUT2D eigenvalue weighted by atomic mass is 35.5. The van der Waals surface area contributed by atoms with Crippen LogP contribution in [0.5, 0.6) is 0 Å². The summed E-state index contributed by atoms with van der Waals surface area (Å²) in [5.41, 5.74) is 0.399. The van der Waals surface area contributed by atoms with Crippen molar-refractivity contribution in [1.29, 1.82) is 0 Å². The molecule has 0 unspecified atom stereocenters. The van der Waals surface area contributed by atoms with E-state index in [4.69, 9.17) is 34.8 Å². The molecule has 3 nitrogen and oxygen atoms in total. The van der Waals surface area contributed by atoms with Crippen LogP contribution in [0.25, 0.3) is 0 Å². The van der Waals surface area contributed by atoms with Gasteiger partial charge in [0.2, 0.25) is 0 Å². The number of halogens is 3. The minimum Gasteiger partial charge on any atom is -0.280 e. The Morgan fingerprint density at radius 2 is 1.42 bits per heavy atom. The van der Waals surface area contributed by atoms with E-state index in [0.717, 1.165) is 0 Å². The quantitative estimate of drug-likeness (QED) is 0.900. The fraction of sp³-hybridized carbons (Fsp3) is 0. The van der Waals surface area contributed by atoms with Gasteiger partial charge >= 0.3 is 0 Å². The summed E-state index contributed by atoms with van der Waals surface area (Å²) < 4.78 is 26.7. The molecule has 1 N–H and O–H groups in total. The second kappa shape index (κ2) is 5.59. The SMILES string of the molecule is O=S(=O)(Nc1ccc(Cl)cc1)c1ccc(Cl)cc1Cl. The Hall–Kier alpha value is -0.940. The molecule has 0 saturated carbocycles. The maximum absolute atomic E-state index is 12.1. The molecule has 7 heteroatoms. The number of hydrogen-bond donors (Lipinski definition) is 1. The van der Waals surface area contributed by atoms with Crippen LogP contribution in [0.4, 0.5) is 5.69 Å². The molecule has 0 amide bonds. The molecule has 0 aromatic heterocycles. The van der Waals surface area contributed by atoms with Crippen LogP contribution >= 0.6 is 34.8 Å². The van der Waals surface area contributed by atoms with Crippen LogP contribution in [0.2, 0.25) is 15.1 Å². The molecular weight excluding hydrogens is 329 g/mol. The maximum Gasteiger partial charge on any atom is 0.263 e. The van der Waals surface area contributed by atoms with Crippen LogP contribution in [0, 0.1) is 0 Å². The van der Waals surface area contributed by atoms with Gasteiger partial charge in [0.15, 0.2) is 0 Å². The fourth-order valence-electron chi connectivity index (χ4n) is 1.42. The Kier molecular flexibility index (Phi) is 4.26. The summed E-state index contributed by atoms with van der Waals surface area (Å²) in [6, 6.07) is 10.5. The van der Waals surface area contributed by atoms with Crippen molar-refractivity contribution in [3.05, 3.63) is 57.5 Å². The summed E-state index contributed by atoms with van der Waals surface area (Å²) in [5.74, 6) is 0. The van der Waals surface area contributed by atoms with E-state index in [1.54, 1.807) is 24.3 Å². The van der Waals surface area contributed by atoms with Crippen LogP contribution in [0.3, 0.4) is 0 Å². The molecule has 0 aliphatic heterocycles. The van der Waals surface area contributed by atoms with Gasteiger partial charge in [0, 0.05) is 15.7 Å². The van der Waals surface area contributed by atoms with Crippen LogP contribution in [0.1, 0.15) is 0 Å². The monoisotopic (exact) mass is 335 g/mol. The highest BCUT2D eigenvalue weighted by molar-refractivity contribution is 7.92. The molecule has 0 atom stereocenters. The lowest BCUT2D eigenvalue weighted by Crippen LogP contribution is -2.13. The van der Waals surface area contributed by atoms with Gasteiger partial charge in [-0.05, 0) is 42.5 Å². The first-order valence-electron chi connectivity index (χ1n) is 5.12. The third-order valence-corrected chi connectivity index (χ3v) is 4.63. The van der Waals surface area contributed by atoms with E-state index in [2.05, 4.69) is 4.72 Å². The third-order valence-electron chi connectivity index (χ3n) is 2.28. The normalized spacial score (nSPS) is 11.3. The van der Waals surface area contributed by atoms with Gasteiger partial charge in [-0.3, -0.25) is 4.72 Å². The summed E-state index contributed by atoms with van der Waals surface area (Å²) >= 11 is 17.3. The molecule has 0 aliphatic rings. The van der Waals surface area contributed by atoms with E-state index in [-0.39, 0.29) is 9.92 Å².